The molecule has 42 heavy (non-hydrogen) atoms. The van der Waals surface area contributed by atoms with Gasteiger partial charge in [-0.1, -0.05) is 77.3 Å². The van der Waals surface area contributed by atoms with Crippen molar-refractivity contribution in [3.63, 3.8) is 0 Å². The van der Waals surface area contributed by atoms with Crippen LogP contribution in [0.1, 0.15) is 36.8 Å². The standard InChI is InChI=1S/C30H33BrN4O6S/c1-42(40,41)34(26-12-7-13-27(19-26)35(38)39)21-29(36)33(20-23-14-16-24(31)17-15-23)28(18-22-8-3-2-4-9-22)30(37)32-25-10-5-6-11-25/h2-4,7-9,12-17,19,25,28H,5-6,10-11,18,20-21H2,1H3,(H,32,37). The van der Waals surface area contributed by atoms with Crippen molar-refractivity contribution in [3.05, 3.63) is 105 Å². The number of carbonyl (C=O) groups excluding carboxylic acids is 2. The molecule has 1 N–H and O–H groups in total. The van der Waals surface area contributed by atoms with Gasteiger partial charge in [-0.3, -0.25) is 24.0 Å². The summed E-state index contributed by atoms with van der Waals surface area (Å²) in [7, 11) is -4.03. The monoisotopic (exact) mass is 656 g/mol. The van der Waals surface area contributed by atoms with Gasteiger partial charge >= 0.3 is 0 Å². The summed E-state index contributed by atoms with van der Waals surface area (Å²) in [4.78, 5) is 40.1. The first-order chi connectivity index (χ1) is 20.0. The molecule has 0 aliphatic heterocycles. The largest absolute Gasteiger partial charge is 0.352 e. The molecule has 0 bridgehead atoms. The number of carbonyl (C=O) groups is 2. The molecule has 1 aliphatic rings. The second-order valence-electron chi connectivity index (χ2n) is 10.4. The van der Waals surface area contributed by atoms with Crippen LogP contribution < -0.4 is 9.62 Å². The Kier molecular flexibility index (Phi) is 10.3. The van der Waals surface area contributed by atoms with E-state index in [9.17, 15) is 28.1 Å². The first kappa shape index (κ1) is 31.2. The van der Waals surface area contributed by atoms with E-state index in [1.165, 1.54) is 23.1 Å². The van der Waals surface area contributed by atoms with Gasteiger partial charge in [0.05, 0.1) is 16.9 Å². The number of anilines is 1. The lowest BCUT2D eigenvalue weighted by molar-refractivity contribution is -0.384. The van der Waals surface area contributed by atoms with Gasteiger partial charge in [0.25, 0.3) is 5.69 Å². The van der Waals surface area contributed by atoms with Crippen LogP contribution in [-0.4, -0.2) is 54.9 Å². The highest BCUT2D eigenvalue weighted by Gasteiger charge is 2.34. The van der Waals surface area contributed by atoms with Crippen LogP contribution in [0.3, 0.4) is 0 Å². The number of non-ortho nitro benzene ring substituents is 1. The first-order valence-electron chi connectivity index (χ1n) is 13.6. The molecule has 10 nitrogen and oxygen atoms in total. The highest BCUT2D eigenvalue weighted by molar-refractivity contribution is 9.10. The molecule has 0 radical (unpaired) electrons. The molecule has 1 atom stereocenters. The molecule has 12 heteroatoms. The van der Waals surface area contributed by atoms with E-state index in [1.54, 1.807) is 0 Å². The second-order valence-corrected chi connectivity index (χ2v) is 13.2. The lowest BCUT2D eigenvalue weighted by atomic mass is 10.0. The highest BCUT2D eigenvalue weighted by Crippen LogP contribution is 2.25. The van der Waals surface area contributed by atoms with E-state index in [4.69, 9.17) is 0 Å². The predicted molar refractivity (Wildman–Crippen MR) is 164 cm³/mol. The van der Waals surface area contributed by atoms with Crippen molar-refractivity contribution < 1.29 is 22.9 Å². The Morgan fingerprint density at radius 2 is 1.67 bits per heavy atom. The van der Waals surface area contributed by atoms with Crippen molar-refractivity contribution in [3.8, 4) is 0 Å². The maximum Gasteiger partial charge on any atom is 0.271 e. The predicted octanol–water partition coefficient (Wildman–Crippen LogP) is 4.82. The molecule has 0 spiro atoms. The fraction of sp³-hybridized carbons (Fsp3) is 0.333. The van der Waals surface area contributed by atoms with Gasteiger partial charge in [0.15, 0.2) is 0 Å². The van der Waals surface area contributed by atoms with Gasteiger partial charge in [-0.25, -0.2) is 8.42 Å². The van der Waals surface area contributed by atoms with E-state index in [0.29, 0.717) is 0 Å². The normalized spacial score (nSPS) is 14.2. The molecular weight excluding hydrogens is 624 g/mol. The van der Waals surface area contributed by atoms with E-state index >= 15 is 0 Å². The summed E-state index contributed by atoms with van der Waals surface area (Å²) in [6.45, 7) is -0.591. The van der Waals surface area contributed by atoms with Crippen LogP contribution in [0.25, 0.3) is 0 Å². The van der Waals surface area contributed by atoms with Gasteiger partial charge < -0.3 is 10.2 Å². The SMILES string of the molecule is CS(=O)(=O)N(CC(=O)N(Cc1ccc(Br)cc1)C(Cc1ccccc1)C(=O)NC1CCCC1)c1cccc([N+](=O)[O-])c1. The summed E-state index contributed by atoms with van der Waals surface area (Å²) in [5.41, 5.74) is 1.27. The molecule has 1 saturated carbocycles. The Morgan fingerprint density at radius 1 is 1.00 bits per heavy atom. The highest BCUT2D eigenvalue weighted by atomic mass is 79.9. The zero-order valence-electron chi connectivity index (χ0n) is 23.2. The number of amides is 2. The zero-order chi connectivity index (χ0) is 30.3. The Balaban J connectivity index is 1.73. The average molecular weight is 658 g/mol. The van der Waals surface area contributed by atoms with Crippen molar-refractivity contribution >= 4 is 49.1 Å². The van der Waals surface area contributed by atoms with Crippen molar-refractivity contribution in [2.45, 2.75) is 50.7 Å². The van der Waals surface area contributed by atoms with E-state index in [2.05, 4.69) is 21.2 Å². The number of hydrogen-bond donors (Lipinski definition) is 1. The number of nitro groups is 1. The van der Waals surface area contributed by atoms with Crippen LogP contribution in [0, 0.1) is 10.1 Å². The molecular formula is C30H33BrN4O6S. The lowest BCUT2D eigenvalue weighted by Crippen LogP contribution is -2.54. The van der Waals surface area contributed by atoms with Gasteiger partial charge in [0.1, 0.15) is 12.6 Å². The quantitative estimate of drug-likeness (QED) is 0.220. The van der Waals surface area contributed by atoms with E-state index in [0.717, 1.165) is 57.9 Å². The number of nitrogens with one attached hydrogen (secondary N) is 1. The Labute approximate surface area is 254 Å². The van der Waals surface area contributed by atoms with Crippen LogP contribution in [0.4, 0.5) is 11.4 Å². The summed E-state index contributed by atoms with van der Waals surface area (Å²) in [5.74, 6) is -0.921. The summed E-state index contributed by atoms with van der Waals surface area (Å²) < 4.78 is 27.5. The summed E-state index contributed by atoms with van der Waals surface area (Å²) >= 11 is 3.42. The summed E-state index contributed by atoms with van der Waals surface area (Å²) in [6, 6.07) is 20.8. The molecule has 0 aromatic heterocycles. The van der Waals surface area contributed by atoms with E-state index < -0.39 is 33.4 Å². The van der Waals surface area contributed by atoms with Crippen LogP contribution in [0.5, 0.6) is 0 Å². The van der Waals surface area contributed by atoms with Crippen molar-refractivity contribution in [2.24, 2.45) is 0 Å². The second kappa shape index (κ2) is 13.9. The first-order valence-corrected chi connectivity index (χ1v) is 16.3. The minimum absolute atomic E-state index is 0.0118. The third kappa shape index (κ3) is 8.39. The number of rotatable bonds is 12. The number of hydrogen-bond acceptors (Lipinski definition) is 6. The smallest absolute Gasteiger partial charge is 0.271 e. The molecule has 1 fully saturated rings. The molecule has 222 valence electrons. The Hall–Kier alpha value is -3.77. The number of benzene rings is 3. The van der Waals surface area contributed by atoms with E-state index in [-0.39, 0.29) is 36.3 Å². The maximum absolute atomic E-state index is 14.1. The van der Waals surface area contributed by atoms with Gasteiger partial charge in [-0.15, -0.1) is 0 Å². The number of sulfonamides is 1. The number of halogens is 1. The fourth-order valence-electron chi connectivity index (χ4n) is 5.08. The number of nitro benzene ring substituents is 1. The van der Waals surface area contributed by atoms with Crippen LogP contribution in [-0.2, 0) is 32.6 Å². The molecule has 1 aliphatic carbocycles. The minimum atomic E-state index is -4.03. The van der Waals surface area contributed by atoms with E-state index in [1.807, 2.05) is 54.6 Å². The average Bonchev–Trinajstić information content (AvgIpc) is 3.47. The maximum atomic E-state index is 14.1. The Bertz CT molecular complexity index is 1510. The topological polar surface area (TPSA) is 130 Å². The minimum Gasteiger partial charge on any atom is -0.352 e. The summed E-state index contributed by atoms with van der Waals surface area (Å²) in [5, 5.41) is 14.5. The molecule has 0 saturated heterocycles. The number of nitrogens with zero attached hydrogens (tertiary/aromatic N) is 3. The zero-order valence-corrected chi connectivity index (χ0v) is 25.6. The van der Waals surface area contributed by atoms with Gasteiger partial charge in [0, 0.05) is 35.6 Å². The molecule has 0 heterocycles. The molecule has 3 aromatic rings. The molecule has 2 amide bonds. The van der Waals surface area contributed by atoms with Gasteiger partial charge in [0.2, 0.25) is 21.8 Å². The fourth-order valence-corrected chi connectivity index (χ4v) is 6.19. The van der Waals surface area contributed by atoms with Crippen molar-refractivity contribution in [1.82, 2.24) is 10.2 Å². The molecule has 3 aromatic carbocycles. The Morgan fingerprint density at radius 3 is 2.29 bits per heavy atom. The van der Waals surface area contributed by atoms with Crippen LogP contribution in [0.15, 0.2) is 83.3 Å². The summed E-state index contributed by atoms with van der Waals surface area (Å²) in [6.07, 6.45) is 4.91. The van der Waals surface area contributed by atoms with Gasteiger partial charge in [-0.2, -0.15) is 0 Å². The van der Waals surface area contributed by atoms with Crippen molar-refractivity contribution in [2.75, 3.05) is 17.1 Å². The van der Waals surface area contributed by atoms with Gasteiger partial charge in [-0.05, 0) is 42.2 Å². The third-order valence-electron chi connectivity index (χ3n) is 7.25. The third-order valence-corrected chi connectivity index (χ3v) is 8.92. The molecule has 1 unspecified atom stereocenters. The van der Waals surface area contributed by atoms with Crippen LogP contribution >= 0.6 is 15.9 Å². The van der Waals surface area contributed by atoms with Crippen molar-refractivity contribution in [1.29, 1.82) is 0 Å². The van der Waals surface area contributed by atoms with Crippen LogP contribution in [0.2, 0.25) is 0 Å². The lowest BCUT2D eigenvalue weighted by Gasteiger charge is -2.34. The molecule has 4 rings (SSSR count).